The zero-order valence-corrected chi connectivity index (χ0v) is 10.7. The Morgan fingerprint density at radius 2 is 2.21 bits per heavy atom. The van der Waals surface area contributed by atoms with E-state index in [0.29, 0.717) is 18.7 Å². The fourth-order valence-electron chi connectivity index (χ4n) is 2.57. The van der Waals surface area contributed by atoms with E-state index in [1.54, 1.807) is 17.0 Å². The SMILES string of the molecule is Cc1cccc2c1N(C(=O)c1ccco1)CCC2O. The van der Waals surface area contributed by atoms with Crippen molar-refractivity contribution in [1.29, 1.82) is 0 Å². The molecule has 0 radical (unpaired) electrons. The highest BCUT2D eigenvalue weighted by Gasteiger charge is 2.30. The standard InChI is InChI=1S/C15H15NO3/c1-10-4-2-5-11-12(17)7-8-16(14(10)11)15(18)13-6-3-9-19-13/h2-6,9,12,17H,7-8H2,1H3. The van der Waals surface area contributed by atoms with E-state index in [1.165, 1.54) is 6.26 Å². The second-order valence-corrected chi connectivity index (χ2v) is 4.75. The summed E-state index contributed by atoms with van der Waals surface area (Å²) in [5.41, 5.74) is 2.60. The lowest BCUT2D eigenvalue weighted by atomic mass is 9.95. The number of fused-ring (bicyclic) bond motifs is 1. The topological polar surface area (TPSA) is 53.7 Å². The zero-order chi connectivity index (χ0) is 13.4. The molecule has 0 saturated carbocycles. The lowest BCUT2D eigenvalue weighted by Crippen LogP contribution is -2.37. The fraction of sp³-hybridized carbons (Fsp3) is 0.267. The number of hydrogen-bond acceptors (Lipinski definition) is 3. The highest BCUT2D eigenvalue weighted by Crippen LogP contribution is 2.36. The van der Waals surface area contributed by atoms with Crippen molar-refractivity contribution in [2.75, 3.05) is 11.4 Å². The van der Waals surface area contributed by atoms with E-state index in [0.717, 1.165) is 16.8 Å². The molecule has 1 aliphatic heterocycles. The van der Waals surface area contributed by atoms with Crippen LogP contribution in [-0.2, 0) is 0 Å². The van der Waals surface area contributed by atoms with Crippen molar-refractivity contribution in [3.05, 3.63) is 53.5 Å². The van der Waals surface area contributed by atoms with Gasteiger partial charge in [0.1, 0.15) is 0 Å². The molecule has 2 heterocycles. The van der Waals surface area contributed by atoms with E-state index in [1.807, 2.05) is 25.1 Å². The van der Waals surface area contributed by atoms with Crippen LogP contribution in [0.4, 0.5) is 5.69 Å². The van der Waals surface area contributed by atoms with Gasteiger partial charge in [-0.15, -0.1) is 0 Å². The second kappa shape index (κ2) is 4.55. The largest absolute Gasteiger partial charge is 0.459 e. The lowest BCUT2D eigenvalue weighted by Gasteiger charge is -2.33. The van der Waals surface area contributed by atoms with Crippen molar-refractivity contribution in [2.24, 2.45) is 0 Å². The summed E-state index contributed by atoms with van der Waals surface area (Å²) in [6.45, 7) is 2.44. The zero-order valence-electron chi connectivity index (χ0n) is 10.7. The predicted octanol–water partition coefficient (Wildman–Crippen LogP) is 2.67. The van der Waals surface area contributed by atoms with Crippen molar-refractivity contribution < 1.29 is 14.3 Å². The van der Waals surface area contributed by atoms with Crippen molar-refractivity contribution >= 4 is 11.6 Å². The third kappa shape index (κ3) is 1.94. The minimum absolute atomic E-state index is 0.160. The van der Waals surface area contributed by atoms with E-state index < -0.39 is 6.10 Å². The molecule has 0 saturated heterocycles. The molecule has 1 aromatic heterocycles. The molecular weight excluding hydrogens is 242 g/mol. The van der Waals surface area contributed by atoms with Gasteiger partial charge in [0, 0.05) is 12.1 Å². The van der Waals surface area contributed by atoms with Gasteiger partial charge in [0.15, 0.2) is 5.76 Å². The van der Waals surface area contributed by atoms with E-state index in [2.05, 4.69) is 0 Å². The molecule has 0 spiro atoms. The van der Waals surface area contributed by atoms with Gasteiger partial charge in [0.05, 0.1) is 18.1 Å². The number of carbonyl (C=O) groups is 1. The van der Waals surface area contributed by atoms with Crippen LogP contribution in [0.1, 0.15) is 34.2 Å². The number of benzene rings is 1. The Balaban J connectivity index is 2.06. The van der Waals surface area contributed by atoms with Gasteiger partial charge in [-0.2, -0.15) is 0 Å². The van der Waals surface area contributed by atoms with E-state index in [-0.39, 0.29) is 5.91 Å². The van der Waals surface area contributed by atoms with Gasteiger partial charge in [0.2, 0.25) is 0 Å². The van der Waals surface area contributed by atoms with Crippen molar-refractivity contribution in [1.82, 2.24) is 0 Å². The highest BCUT2D eigenvalue weighted by molar-refractivity contribution is 6.05. The van der Waals surface area contributed by atoms with Gasteiger partial charge in [-0.1, -0.05) is 18.2 Å². The minimum Gasteiger partial charge on any atom is -0.459 e. The molecule has 1 amide bonds. The van der Waals surface area contributed by atoms with Gasteiger partial charge in [0.25, 0.3) is 5.91 Å². The maximum absolute atomic E-state index is 12.4. The first kappa shape index (κ1) is 12.0. The summed E-state index contributed by atoms with van der Waals surface area (Å²) < 4.78 is 5.18. The smallest absolute Gasteiger partial charge is 0.293 e. The molecule has 3 rings (SSSR count). The summed E-state index contributed by atoms with van der Waals surface area (Å²) in [5, 5.41) is 10.1. The Kier molecular flexibility index (Phi) is 2.87. The Hall–Kier alpha value is -2.07. The number of rotatable bonds is 1. The molecular formula is C15H15NO3. The van der Waals surface area contributed by atoms with Gasteiger partial charge in [-0.25, -0.2) is 0 Å². The molecule has 1 unspecified atom stereocenters. The third-order valence-corrected chi connectivity index (χ3v) is 3.50. The van der Waals surface area contributed by atoms with Crippen LogP contribution >= 0.6 is 0 Å². The maximum atomic E-state index is 12.4. The number of aryl methyl sites for hydroxylation is 1. The monoisotopic (exact) mass is 257 g/mol. The maximum Gasteiger partial charge on any atom is 0.293 e. The summed E-state index contributed by atoms with van der Waals surface area (Å²) in [5.74, 6) is 0.165. The number of aliphatic hydroxyl groups is 1. The lowest BCUT2D eigenvalue weighted by molar-refractivity contribution is 0.0944. The molecule has 4 nitrogen and oxygen atoms in total. The second-order valence-electron chi connectivity index (χ2n) is 4.75. The average molecular weight is 257 g/mol. The Morgan fingerprint density at radius 3 is 2.95 bits per heavy atom. The molecule has 0 fully saturated rings. The Labute approximate surface area is 111 Å². The van der Waals surface area contributed by atoms with Gasteiger partial charge in [-0.05, 0) is 31.0 Å². The molecule has 1 N–H and O–H groups in total. The molecule has 19 heavy (non-hydrogen) atoms. The first-order chi connectivity index (χ1) is 9.18. The number of para-hydroxylation sites is 1. The Morgan fingerprint density at radius 1 is 1.37 bits per heavy atom. The van der Waals surface area contributed by atoms with E-state index >= 15 is 0 Å². The molecule has 1 atom stereocenters. The molecule has 4 heteroatoms. The number of amides is 1. The summed E-state index contributed by atoms with van der Waals surface area (Å²) in [6.07, 6.45) is 1.53. The first-order valence-electron chi connectivity index (χ1n) is 6.31. The van der Waals surface area contributed by atoms with E-state index in [9.17, 15) is 9.90 Å². The molecule has 2 aromatic rings. The molecule has 98 valence electrons. The number of furan rings is 1. The summed E-state index contributed by atoms with van der Waals surface area (Å²) in [7, 11) is 0. The summed E-state index contributed by atoms with van der Waals surface area (Å²) >= 11 is 0. The van der Waals surface area contributed by atoms with Crippen LogP contribution in [0.15, 0.2) is 41.0 Å². The number of nitrogens with zero attached hydrogens (tertiary/aromatic N) is 1. The van der Waals surface area contributed by atoms with Gasteiger partial charge < -0.3 is 14.4 Å². The van der Waals surface area contributed by atoms with Crippen LogP contribution in [-0.4, -0.2) is 17.6 Å². The minimum atomic E-state index is -0.504. The predicted molar refractivity (Wildman–Crippen MR) is 71.1 cm³/mol. The van der Waals surface area contributed by atoms with Gasteiger partial charge >= 0.3 is 0 Å². The van der Waals surface area contributed by atoms with Crippen LogP contribution in [0.5, 0.6) is 0 Å². The molecule has 0 bridgehead atoms. The quantitative estimate of drug-likeness (QED) is 0.854. The summed E-state index contributed by atoms with van der Waals surface area (Å²) in [6, 6.07) is 9.07. The fourth-order valence-corrected chi connectivity index (χ4v) is 2.57. The van der Waals surface area contributed by atoms with Crippen molar-refractivity contribution in [2.45, 2.75) is 19.4 Å². The summed E-state index contributed by atoms with van der Waals surface area (Å²) in [4.78, 5) is 14.1. The Bertz CT molecular complexity index is 604. The van der Waals surface area contributed by atoms with E-state index in [4.69, 9.17) is 4.42 Å². The normalized spacial score (nSPS) is 18.2. The van der Waals surface area contributed by atoms with Gasteiger partial charge in [-0.3, -0.25) is 4.79 Å². The van der Waals surface area contributed by atoms with Crippen molar-refractivity contribution in [3.8, 4) is 0 Å². The highest BCUT2D eigenvalue weighted by atomic mass is 16.3. The average Bonchev–Trinajstić information content (AvgIpc) is 2.93. The number of anilines is 1. The number of aliphatic hydroxyl groups excluding tert-OH is 1. The third-order valence-electron chi connectivity index (χ3n) is 3.50. The molecule has 1 aliphatic rings. The first-order valence-corrected chi connectivity index (χ1v) is 6.31. The van der Waals surface area contributed by atoms with Crippen LogP contribution in [0.25, 0.3) is 0 Å². The van der Waals surface area contributed by atoms with Crippen LogP contribution in [0, 0.1) is 6.92 Å². The number of carbonyl (C=O) groups excluding carboxylic acids is 1. The molecule has 1 aromatic carbocycles. The van der Waals surface area contributed by atoms with Crippen LogP contribution in [0.3, 0.4) is 0 Å². The number of hydrogen-bond donors (Lipinski definition) is 1. The molecule has 0 aliphatic carbocycles. The van der Waals surface area contributed by atoms with Crippen LogP contribution < -0.4 is 4.90 Å². The van der Waals surface area contributed by atoms with Crippen LogP contribution in [0.2, 0.25) is 0 Å². The van der Waals surface area contributed by atoms with Crippen molar-refractivity contribution in [3.63, 3.8) is 0 Å².